The van der Waals surface area contributed by atoms with Crippen LogP contribution in [-0.2, 0) is 0 Å². The molecule has 0 aliphatic carbocycles. The summed E-state index contributed by atoms with van der Waals surface area (Å²) in [5.74, 6) is 0. The number of hydrogen-bond acceptors (Lipinski definition) is 2. The van der Waals surface area contributed by atoms with Crippen LogP contribution in [-0.4, -0.2) is 6.54 Å². The van der Waals surface area contributed by atoms with Crippen LogP contribution >= 0.6 is 12.4 Å². The summed E-state index contributed by atoms with van der Waals surface area (Å²) in [7, 11) is 0. The maximum atomic E-state index is 6.13. The van der Waals surface area contributed by atoms with Crippen LogP contribution < -0.4 is 11.5 Å². The molecule has 92 valence electrons. The molecule has 1 aromatic rings. The molecule has 0 aromatic heterocycles. The highest BCUT2D eigenvalue weighted by atomic mass is 35.5. The highest BCUT2D eigenvalue weighted by molar-refractivity contribution is 5.85. The predicted molar refractivity (Wildman–Crippen MR) is 73.0 cm³/mol. The number of aryl methyl sites for hydroxylation is 2. The van der Waals surface area contributed by atoms with Crippen LogP contribution in [0.3, 0.4) is 0 Å². The van der Waals surface area contributed by atoms with Gasteiger partial charge in [-0.05, 0) is 38.8 Å². The van der Waals surface area contributed by atoms with Crippen molar-refractivity contribution in [3.63, 3.8) is 0 Å². The Bertz CT molecular complexity index is 293. The highest BCUT2D eigenvalue weighted by Crippen LogP contribution is 2.19. The molecular weight excluding hydrogens is 220 g/mol. The van der Waals surface area contributed by atoms with Gasteiger partial charge in [0, 0.05) is 6.04 Å². The van der Waals surface area contributed by atoms with Gasteiger partial charge in [0.2, 0.25) is 0 Å². The zero-order chi connectivity index (χ0) is 11.3. The molecule has 0 saturated heterocycles. The first kappa shape index (κ1) is 15.4. The van der Waals surface area contributed by atoms with Gasteiger partial charge in [-0.2, -0.15) is 0 Å². The molecule has 2 nitrogen and oxygen atoms in total. The molecule has 0 radical (unpaired) electrons. The van der Waals surface area contributed by atoms with Crippen LogP contribution in [0.15, 0.2) is 18.2 Å². The summed E-state index contributed by atoms with van der Waals surface area (Å²) in [6.45, 7) is 4.99. The zero-order valence-corrected chi connectivity index (χ0v) is 11.0. The van der Waals surface area contributed by atoms with E-state index in [-0.39, 0.29) is 18.4 Å². The van der Waals surface area contributed by atoms with Crippen LogP contribution in [0.2, 0.25) is 0 Å². The quantitative estimate of drug-likeness (QED) is 0.781. The topological polar surface area (TPSA) is 52.0 Å². The Balaban J connectivity index is 0.00000225. The largest absolute Gasteiger partial charge is 0.330 e. The maximum absolute atomic E-state index is 6.13. The zero-order valence-electron chi connectivity index (χ0n) is 10.2. The van der Waals surface area contributed by atoms with E-state index in [4.69, 9.17) is 11.5 Å². The van der Waals surface area contributed by atoms with Crippen molar-refractivity contribution >= 4 is 12.4 Å². The van der Waals surface area contributed by atoms with E-state index in [2.05, 4.69) is 32.0 Å². The molecule has 0 saturated carbocycles. The summed E-state index contributed by atoms with van der Waals surface area (Å²) < 4.78 is 0. The Morgan fingerprint density at radius 3 is 2.12 bits per heavy atom. The first-order valence-corrected chi connectivity index (χ1v) is 5.67. The van der Waals surface area contributed by atoms with Crippen LogP contribution in [0.5, 0.6) is 0 Å². The second-order valence-electron chi connectivity index (χ2n) is 4.31. The molecule has 0 aliphatic heterocycles. The number of halogens is 1. The molecule has 0 fully saturated rings. The summed E-state index contributed by atoms with van der Waals surface area (Å²) in [6, 6.07) is 6.70. The van der Waals surface area contributed by atoms with Crippen molar-refractivity contribution < 1.29 is 0 Å². The smallest absolute Gasteiger partial charge is 0.0295 e. The fraction of sp³-hybridized carbons (Fsp3) is 0.538. The van der Waals surface area contributed by atoms with E-state index in [0.717, 1.165) is 25.8 Å². The van der Waals surface area contributed by atoms with Crippen molar-refractivity contribution in [2.24, 2.45) is 11.5 Å². The summed E-state index contributed by atoms with van der Waals surface area (Å²) in [5, 5.41) is 0. The van der Waals surface area contributed by atoms with E-state index in [0.29, 0.717) is 0 Å². The molecule has 1 aromatic carbocycles. The average molecular weight is 243 g/mol. The Labute approximate surface area is 105 Å². The third-order valence-corrected chi connectivity index (χ3v) is 2.64. The lowest BCUT2D eigenvalue weighted by atomic mass is 9.98. The van der Waals surface area contributed by atoms with Crippen LogP contribution in [0.4, 0.5) is 0 Å². The Kier molecular flexibility index (Phi) is 7.39. The Morgan fingerprint density at radius 1 is 1.06 bits per heavy atom. The number of unbranched alkanes of at least 4 members (excludes halogenated alkanes) is 1. The fourth-order valence-electron chi connectivity index (χ4n) is 1.90. The van der Waals surface area contributed by atoms with Gasteiger partial charge in [0.1, 0.15) is 0 Å². The minimum Gasteiger partial charge on any atom is -0.330 e. The molecule has 3 heteroatoms. The fourth-order valence-corrected chi connectivity index (χ4v) is 1.90. The monoisotopic (exact) mass is 242 g/mol. The lowest BCUT2D eigenvalue weighted by Gasteiger charge is -2.13. The summed E-state index contributed by atoms with van der Waals surface area (Å²) in [5.41, 5.74) is 15.4. The molecule has 1 atom stereocenters. The average Bonchev–Trinajstić information content (AvgIpc) is 2.16. The molecule has 4 N–H and O–H groups in total. The second-order valence-corrected chi connectivity index (χ2v) is 4.31. The van der Waals surface area contributed by atoms with Crippen molar-refractivity contribution in [1.29, 1.82) is 0 Å². The molecule has 1 rings (SSSR count). The molecule has 0 spiro atoms. The molecule has 0 aliphatic rings. The first-order chi connectivity index (χ1) is 7.13. The van der Waals surface area contributed by atoms with E-state index < -0.39 is 0 Å². The van der Waals surface area contributed by atoms with Crippen molar-refractivity contribution in [3.8, 4) is 0 Å². The summed E-state index contributed by atoms with van der Waals surface area (Å²) in [6.07, 6.45) is 3.21. The van der Waals surface area contributed by atoms with Gasteiger partial charge in [0.15, 0.2) is 0 Å². The van der Waals surface area contributed by atoms with Crippen LogP contribution in [0.25, 0.3) is 0 Å². The van der Waals surface area contributed by atoms with Gasteiger partial charge in [-0.25, -0.2) is 0 Å². The normalized spacial score (nSPS) is 12.0. The summed E-state index contributed by atoms with van der Waals surface area (Å²) in [4.78, 5) is 0. The maximum Gasteiger partial charge on any atom is 0.0295 e. The Morgan fingerprint density at radius 2 is 1.62 bits per heavy atom. The number of benzene rings is 1. The van der Waals surface area contributed by atoms with Crippen molar-refractivity contribution in [1.82, 2.24) is 0 Å². The lowest BCUT2D eigenvalue weighted by molar-refractivity contribution is 0.590. The van der Waals surface area contributed by atoms with Gasteiger partial charge < -0.3 is 11.5 Å². The summed E-state index contributed by atoms with van der Waals surface area (Å²) >= 11 is 0. The van der Waals surface area contributed by atoms with E-state index >= 15 is 0 Å². The second kappa shape index (κ2) is 7.66. The van der Waals surface area contributed by atoms with Crippen molar-refractivity contribution in [2.75, 3.05) is 6.54 Å². The van der Waals surface area contributed by atoms with E-state index in [1.807, 2.05) is 0 Å². The molecule has 0 amide bonds. The minimum absolute atomic E-state index is 0. The molecule has 16 heavy (non-hydrogen) atoms. The lowest BCUT2D eigenvalue weighted by Crippen LogP contribution is -2.11. The van der Waals surface area contributed by atoms with Gasteiger partial charge in [0.05, 0.1) is 0 Å². The molecular formula is C13H23ClN2. The van der Waals surface area contributed by atoms with Gasteiger partial charge in [-0.1, -0.05) is 35.7 Å². The molecule has 0 heterocycles. The Hall–Kier alpha value is -0.570. The minimum atomic E-state index is 0. The SMILES string of the molecule is Cc1cc(C)cc([C@H](N)CCCCN)c1.Cl. The molecule has 0 bridgehead atoms. The van der Waals surface area contributed by atoms with Crippen LogP contribution in [0.1, 0.15) is 42.0 Å². The highest BCUT2D eigenvalue weighted by Gasteiger charge is 2.06. The number of nitrogens with two attached hydrogens (primary N) is 2. The van der Waals surface area contributed by atoms with E-state index in [1.54, 1.807) is 0 Å². The third kappa shape index (κ3) is 4.97. The predicted octanol–water partition coefficient (Wildman–Crippen LogP) is 2.85. The van der Waals surface area contributed by atoms with E-state index in [1.165, 1.54) is 16.7 Å². The van der Waals surface area contributed by atoms with Crippen molar-refractivity contribution in [2.45, 2.75) is 39.2 Å². The first-order valence-electron chi connectivity index (χ1n) is 5.67. The van der Waals surface area contributed by atoms with Gasteiger partial charge >= 0.3 is 0 Å². The molecule has 0 unspecified atom stereocenters. The van der Waals surface area contributed by atoms with Gasteiger partial charge in [-0.15, -0.1) is 12.4 Å². The van der Waals surface area contributed by atoms with E-state index in [9.17, 15) is 0 Å². The standard InChI is InChI=1S/C13H22N2.ClH/c1-10-7-11(2)9-12(8-10)13(15)5-3-4-6-14;/h7-9,13H,3-6,14-15H2,1-2H3;1H/t13-;/m1./s1. The van der Waals surface area contributed by atoms with Gasteiger partial charge in [0.25, 0.3) is 0 Å². The number of hydrogen-bond donors (Lipinski definition) is 2. The number of rotatable bonds is 5. The van der Waals surface area contributed by atoms with Crippen LogP contribution in [0, 0.1) is 13.8 Å². The van der Waals surface area contributed by atoms with Gasteiger partial charge in [-0.3, -0.25) is 0 Å². The third-order valence-electron chi connectivity index (χ3n) is 2.64. The van der Waals surface area contributed by atoms with Crippen molar-refractivity contribution in [3.05, 3.63) is 34.9 Å².